The van der Waals surface area contributed by atoms with Crippen molar-refractivity contribution in [3.63, 3.8) is 0 Å². The number of nitrogens with one attached hydrogen (secondary N) is 1. The summed E-state index contributed by atoms with van der Waals surface area (Å²) in [6, 6.07) is 14.4. The molecule has 3 rings (SSSR count). The number of benzene rings is 2. The number of aromatic hydroxyl groups is 1. The number of amides is 1. The molecule has 1 aliphatic heterocycles. The van der Waals surface area contributed by atoms with Crippen LogP contribution in [0, 0.1) is 0 Å². The van der Waals surface area contributed by atoms with E-state index >= 15 is 0 Å². The minimum atomic E-state index is -0.308. The van der Waals surface area contributed by atoms with Crippen LogP contribution in [0.15, 0.2) is 53.5 Å². The molecule has 0 fully saturated rings. The molecule has 0 spiro atoms. The molecule has 0 radical (unpaired) electrons. The van der Waals surface area contributed by atoms with Crippen molar-refractivity contribution >= 4 is 28.5 Å². The van der Waals surface area contributed by atoms with E-state index in [1.165, 1.54) is 11.1 Å². The molecule has 130 valence electrons. The number of amidine groups is 1. The first-order valence-corrected chi connectivity index (χ1v) is 9.33. The molecular weight excluding hydrogens is 334 g/mol. The number of hydrogen-bond donors (Lipinski definition) is 2. The molecule has 1 aliphatic rings. The Bertz CT molecular complexity index is 792. The van der Waals surface area contributed by atoms with Gasteiger partial charge < -0.3 is 5.11 Å². The molecule has 1 heterocycles. The van der Waals surface area contributed by atoms with Crippen LogP contribution in [0.3, 0.4) is 0 Å². The van der Waals surface area contributed by atoms with E-state index in [9.17, 15) is 9.90 Å². The molecular formula is C19H21N3O2S. The first kappa shape index (κ1) is 17.4. The summed E-state index contributed by atoms with van der Waals surface area (Å²) in [5.41, 5.74) is 5.26. The summed E-state index contributed by atoms with van der Waals surface area (Å²) in [7, 11) is 0. The number of carbonyl (C=O) groups is 1. The fraction of sp³-hybridized carbons (Fsp3) is 0.263. The van der Waals surface area contributed by atoms with E-state index in [4.69, 9.17) is 0 Å². The van der Waals surface area contributed by atoms with Crippen molar-refractivity contribution in [2.75, 3.05) is 17.3 Å². The number of rotatable bonds is 4. The highest BCUT2D eigenvalue weighted by atomic mass is 32.2. The third kappa shape index (κ3) is 3.96. The lowest BCUT2D eigenvalue weighted by Gasteiger charge is -2.26. The number of hydrazine groups is 1. The molecule has 6 heteroatoms. The van der Waals surface area contributed by atoms with Crippen LogP contribution in [0.2, 0.25) is 0 Å². The highest BCUT2D eigenvalue weighted by Crippen LogP contribution is 2.26. The number of carbonyl (C=O) groups excluding carboxylic acids is 1. The molecule has 0 saturated heterocycles. The molecule has 2 aromatic carbocycles. The lowest BCUT2D eigenvalue weighted by molar-refractivity contribution is 0.0978. The number of nitrogens with zero attached hydrogens (tertiary/aromatic N) is 2. The third-order valence-electron chi connectivity index (χ3n) is 3.88. The molecule has 0 atom stereocenters. The smallest absolute Gasteiger partial charge is 0.280 e. The van der Waals surface area contributed by atoms with Crippen LogP contribution in [0.5, 0.6) is 5.75 Å². The molecule has 0 aliphatic carbocycles. The fourth-order valence-electron chi connectivity index (χ4n) is 2.70. The second-order valence-corrected chi connectivity index (χ2v) is 6.77. The van der Waals surface area contributed by atoms with Crippen LogP contribution in [-0.4, -0.2) is 28.5 Å². The van der Waals surface area contributed by atoms with Gasteiger partial charge in [0, 0.05) is 5.75 Å². The number of anilines is 1. The van der Waals surface area contributed by atoms with Crippen LogP contribution < -0.4 is 10.4 Å². The first-order chi connectivity index (χ1) is 12.2. The van der Waals surface area contributed by atoms with Crippen molar-refractivity contribution in [2.24, 2.45) is 4.99 Å². The predicted octanol–water partition coefficient (Wildman–Crippen LogP) is 3.60. The van der Waals surface area contributed by atoms with Crippen LogP contribution in [-0.2, 0) is 6.42 Å². The number of para-hydroxylation sites is 2. The van der Waals surface area contributed by atoms with Gasteiger partial charge in [0.15, 0.2) is 5.17 Å². The quantitative estimate of drug-likeness (QED) is 0.823. The van der Waals surface area contributed by atoms with Gasteiger partial charge in [0.05, 0.1) is 17.8 Å². The van der Waals surface area contributed by atoms with Crippen molar-refractivity contribution in [1.82, 2.24) is 5.43 Å². The Morgan fingerprint density at radius 1 is 1.24 bits per heavy atom. The van der Waals surface area contributed by atoms with Gasteiger partial charge >= 0.3 is 0 Å². The van der Waals surface area contributed by atoms with Gasteiger partial charge in [-0.3, -0.25) is 15.2 Å². The summed E-state index contributed by atoms with van der Waals surface area (Å²) >= 11 is 1.58. The van der Waals surface area contributed by atoms with Crippen molar-refractivity contribution in [3.05, 3.63) is 59.7 Å². The Kier molecular flexibility index (Phi) is 5.60. The van der Waals surface area contributed by atoms with E-state index in [0.29, 0.717) is 0 Å². The zero-order valence-electron chi connectivity index (χ0n) is 14.1. The van der Waals surface area contributed by atoms with Gasteiger partial charge in [-0.05, 0) is 30.2 Å². The number of thioether (sulfide) groups is 1. The largest absolute Gasteiger partial charge is 0.507 e. The van der Waals surface area contributed by atoms with Gasteiger partial charge in [0.2, 0.25) is 0 Å². The van der Waals surface area contributed by atoms with Gasteiger partial charge in [-0.2, -0.15) is 0 Å². The summed E-state index contributed by atoms with van der Waals surface area (Å²) in [5.74, 6) is 0.558. The number of aryl methyl sites for hydroxylation is 1. The fourth-order valence-corrected chi connectivity index (χ4v) is 3.42. The molecule has 1 amide bonds. The van der Waals surface area contributed by atoms with Gasteiger partial charge in [-0.25, -0.2) is 5.01 Å². The Labute approximate surface area is 151 Å². The maximum absolute atomic E-state index is 13.1. The minimum absolute atomic E-state index is 0.0340. The second kappa shape index (κ2) is 8.07. The molecule has 5 nitrogen and oxygen atoms in total. The average molecular weight is 355 g/mol. The van der Waals surface area contributed by atoms with Crippen molar-refractivity contribution in [3.8, 4) is 5.75 Å². The second-order valence-electron chi connectivity index (χ2n) is 5.68. The van der Waals surface area contributed by atoms with Gasteiger partial charge in [-0.1, -0.05) is 55.4 Å². The van der Waals surface area contributed by atoms with E-state index in [1.54, 1.807) is 30.0 Å². The van der Waals surface area contributed by atoms with E-state index in [-0.39, 0.29) is 17.2 Å². The third-order valence-corrected chi connectivity index (χ3v) is 4.76. The monoisotopic (exact) mass is 355 g/mol. The number of aliphatic imine (C=N–C) groups is 1. The van der Waals surface area contributed by atoms with Crippen LogP contribution >= 0.6 is 11.8 Å². The highest BCUT2D eigenvalue weighted by Gasteiger charge is 2.24. The minimum Gasteiger partial charge on any atom is -0.507 e. The standard InChI is InChI=1S/C19H21N3O2S/c1-2-7-14-8-3-5-10-16(14)22(21-19-20-12-13-25-19)18(24)15-9-4-6-11-17(15)23/h3-6,8-11,23H,2,7,12-13H2,1H3,(H,20,21). The molecule has 0 aromatic heterocycles. The van der Waals surface area contributed by atoms with Crippen LogP contribution in [0.4, 0.5) is 5.69 Å². The molecule has 0 unspecified atom stereocenters. The Balaban J connectivity index is 2.01. The van der Waals surface area contributed by atoms with E-state index in [0.717, 1.165) is 41.6 Å². The maximum atomic E-state index is 13.1. The SMILES string of the molecule is CCCc1ccccc1N(NC1=NCCS1)C(=O)c1ccccc1O. The normalized spacial score (nSPS) is 13.4. The van der Waals surface area contributed by atoms with Crippen LogP contribution in [0.1, 0.15) is 29.3 Å². The molecule has 25 heavy (non-hydrogen) atoms. The number of hydrogen-bond acceptors (Lipinski definition) is 5. The van der Waals surface area contributed by atoms with Crippen molar-refractivity contribution in [2.45, 2.75) is 19.8 Å². The zero-order chi connectivity index (χ0) is 17.6. The first-order valence-electron chi connectivity index (χ1n) is 8.35. The van der Waals surface area contributed by atoms with Crippen molar-refractivity contribution < 1.29 is 9.90 Å². The highest BCUT2D eigenvalue weighted by molar-refractivity contribution is 8.14. The Morgan fingerprint density at radius 2 is 2.00 bits per heavy atom. The molecule has 0 saturated carbocycles. The van der Waals surface area contributed by atoms with Gasteiger partial charge in [-0.15, -0.1) is 0 Å². The average Bonchev–Trinajstić information content (AvgIpc) is 3.14. The lowest BCUT2D eigenvalue weighted by atomic mass is 10.1. The lowest BCUT2D eigenvalue weighted by Crippen LogP contribution is -2.45. The van der Waals surface area contributed by atoms with E-state index < -0.39 is 0 Å². The number of phenolic OH excluding ortho intramolecular Hbond substituents is 1. The summed E-state index contributed by atoms with van der Waals surface area (Å²) in [6.45, 7) is 2.85. The summed E-state index contributed by atoms with van der Waals surface area (Å²) < 4.78 is 0. The summed E-state index contributed by atoms with van der Waals surface area (Å²) in [4.78, 5) is 17.5. The molecule has 2 N–H and O–H groups in total. The summed E-state index contributed by atoms with van der Waals surface area (Å²) in [6.07, 6.45) is 1.84. The van der Waals surface area contributed by atoms with E-state index in [2.05, 4.69) is 17.3 Å². The summed E-state index contributed by atoms with van der Waals surface area (Å²) in [5, 5.41) is 12.3. The number of phenols is 1. The van der Waals surface area contributed by atoms with E-state index in [1.807, 2.05) is 24.3 Å². The molecule has 0 bridgehead atoms. The van der Waals surface area contributed by atoms with Gasteiger partial charge in [0.1, 0.15) is 5.75 Å². The van der Waals surface area contributed by atoms with Crippen LogP contribution in [0.25, 0.3) is 0 Å². The van der Waals surface area contributed by atoms with Crippen molar-refractivity contribution in [1.29, 1.82) is 0 Å². The van der Waals surface area contributed by atoms with Gasteiger partial charge in [0.25, 0.3) is 5.91 Å². The predicted molar refractivity (Wildman–Crippen MR) is 103 cm³/mol. The zero-order valence-corrected chi connectivity index (χ0v) is 14.9. The molecule has 2 aromatic rings. The Hall–Kier alpha value is -2.47. The Morgan fingerprint density at radius 3 is 2.72 bits per heavy atom. The maximum Gasteiger partial charge on any atom is 0.280 e. The topological polar surface area (TPSA) is 64.9 Å².